The molecule has 0 aliphatic carbocycles. The standard InChI is InChI=1S/C37H47N3O4S/c1-8-37(5,6)36(41)44-25-24-39-32-23-22-31(30-12-11-13-33(35(30)32)45(42,43)38-7)34(27-16-14-26(4)15-17-27)28-18-20-29(21-19-28)40(9-2)10-3/h11-23,34,38-39H,8-10,24-25H2,1-7H3. The molecule has 0 amide bonds. The van der Waals surface area contributed by atoms with Gasteiger partial charge in [0.1, 0.15) is 6.61 Å². The molecule has 0 heterocycles. The van der Waals surface area contributed by atoms with Crippen molar-refractivity contribution in [2.24, 2.45) is 5.41 Å². The van der Waals surface area contributed by atoms with Gasteiger partial charge in [-0.15, -0.1) is 0 Å². The summed E-state index contributed by atoms with van der Waals surface area (Å²) in [6.07, 6.45) is 0.678. The molecule has 0 aliphatic heterocycles. The molecule has 45 heavy (non-hydrogen) atoms. The third-order valence-corrected chi connectivity index (χ3v) is 10.2. The van der Waals surface area contributed by atoms with Crippen molar-refractivity contribution in [3.05, 3.63) is 101 Å². The van der Waals surface area contributed by atoms with Crippen molar-refractivity contribution in [2.75, 3.05) is 43.5 Å². The molecule has 240 valence electrons. The van der Waals surface area contributed by atoms with Crippen molar-refractivity contribution in [2.45, 2.75) is 58.8 Å². The predicted octanol–water partition coefficient (Wildman–Crippen LogP) is 7.47. The second-order valence-electron chi connectivity index (χ2n) is 12.0. The fourth-order valence-corrected chi connectivity index (χ4v) is 6.54. The monoisotopic (exact) mass is 629 g/mol. The van der Waals surface area contributed by atoms with E-state index in [1.807, 2.05) is 32.9 Å². The quantitative estimate of drug-likeness (QED) is 0.0855. The minimum Gasteiger partial charge on any atom is -0.463 e. The molecule has 0 saturated carbocycles. The minimum atomic E-state index is -3.79. The van der Waals surface area contributed by atoms with E-state index in [2.05, 4.69) is 90.3 Å². The van der Waals surface area contributed by atoms with E-state index in [9.17, 15) is 13.2 Å². The van der Waals surface area contributed by atoms with Gasteiger partial charge in [0, 0.05) is 42.3 Å². The SMILES string of the molecule is CCN(CC)c1ccc(C(c2ccc(C)cc2)c2ccc(NCCOC(=O)C(C)(C)CC)c3c(S(=O)(=O)NC)cccc23)cc1. The molecule has 8 heteroatoms. The van der Waals surface area contributed by atoms with Gasteiger partial charge in [0.25, 0.3) is 0 Å². The molecule has 0 spiro atoms. The van der Waals surface area contributed by atoms with Gasteiger partial charge in [-0.2, -0.15) is 0 Å². The number of esters is 1. The molecule has 7 nitrogen and oxygen atoms in total. The molecule has 1 unspecified atom stereocenters. The van der Waals surface area contributed by atoms with Crippen molar-refractivity contribution in [1.29, 1.82) is 0 Å². The first-order valence-corrected chi connectivity index (χ1v) is 17.3. The van der Waals surface area contributed by atoms with Crippen LogP contribution in [0.25, 0.3) is 10.8 Å². The van der Waals surface area contributed by atoms with Crippen LogP contribution in [0.15, 0.2) is 83.8 Å². The lowest BCUT2D eigenvalue weighted by atomic mass is 9.82. The van der Waals surface area contributed by atoms with Crippen LogP contribution in [-0.4, -0.2) is 47.7 Å². The summed E-state index contributed by atoms with van der Waals surface area (Å²) in [6, 6.07) is 26.6. The van der Waals surface area contributed by atoms with Gasteiger partial charge in [-0.3, -0.25) is 4.79 Å². The molecular formula is C37H47N3O4S. The van der Waals surface area contributed by atoms with Crippen LogP contribution in [0.4, 0.5) is 11.4 Å². The Morgan fingerprint density at radius 3 is 2.09 bits per heavy atom. The number of nitrogens with one attached hydrogen (secondary N) is 2. The Balaban J connectivity index is 1.85. The highest BCUT2D eigenvalue weighted by Crippen LogP contribution is 2.41. The molecule has 0 aromatic heterocycles. The van der Waals surface area contributed by atoms with Crippen LogP contribution in [0.2, 0.25) is 0 Å². The Morgan fingerprint density at radius 1 is 0.889 bits per heavy atom. The van der Waals surface area contributed by atoms with Crippen LogP contribution in [0, 0.1) is 12.3 Å². The van der Waals surface area contributed by atoms with E-state index in [4.69, 9.17) is 4.74 Å². The first-order chi connectivity index (χ1) is 21.5. The van der Waals surface area contributed by atoms with E-state index in [0.29, 0.717) is 24.0 Å². The van der Waals surface area contributed by atoms with Gasteiger partial charge in [-0.05, 0) is 94.4 Å². The Morgan fingerprint density at radius 2 is 1.51 bits per heavy atom. The summed E-state index contributed by atoms with van der Waals surface area (Å²) in [5.41, 5.74) is 5.67. The maximum absolute atomic E-state index is 13.3. The summed E-state index contributed by atoms with van der Waals surface area (Å²) in [5, 5.41) is 4.79. The number of sulfonamides is 1. The van der Waals surface area contributed by atoms with Crippen molar-refractivity contribution in [3.8, 4) is 0 Å². The van der Waals surface area contributed by atoms with Crippen molar-refractivity contribution < 1.29 is 17.9 Å². The van der Waals surface area contributed by atoms with E-state index in [1.54, 1.807) is 12.1 Å². The number of benzene rings is 4. The highest BCUT2D eigenvalue weighted by atomic mass is 32.2. The zero-order valence-corrected chi connectivity index (χ0v) is 28.4. The lowest BCUT2D eigenvalue weighted by Gasteiger charge is -2.25. The van der Waals surface area contributed by atoms with Gasteiger partial charge in [0.05, 0.1) is 10.3 Å². The molecule has 0 aliphatic rings. The van der Waals surface area contributed by atoms with E-state index >= 15 is 0 Å². The zero-order chi connectivity index (χ0) is 32.8. The van der Waals surface area contributed by atoms with Gasteiger partial charge in [0.2, 0.25) is 10.0 Å². The normalized spacial score (nSPS) is 12.6. The minimum absolute atomic E-state index is 0.141. The fourth-order valence-electron chi connectivity index (χ4n) is 5.57. The molecule has 4 rings (SSSR count). The first kappa shape index (κ1) is 34.0. The molecule has 1 atom stereocenters. The molecule has 4 aromatic carbocycles. The highest BCUT2D eigenvalue weighted by molar-refractivity contribution is 7.89. The van der Waals surface area contributed by atoms with Crippen molar-refractivity contribution in [1.82, 2.24) is 4.72 Å². The van der Waals surface area contributed by atoms with Gasteiger partial charge < -0.3 is 15.0 Å². The van der Waals surface area contributed by atoms with E-state index in [0.717, 1.165) is 35.2 Å². The average molecular weight is 630 g/mol. The van der Waals surface area contributed by atoms with Crippen LogP contribution in [0.5, 0.6) is 0 Å². The maximum atomic E-state index is 13.3. The molecule has 0 radical (unpaired) electrons. The number of nitrogens with zero attached hydrogens (tertiary/aromatic N) is 1. The number of hydrogen-bond acceptors (Lipinski definition) is 6. The highest BCUT2D eigenvalue weighted by Gasteiger charge is 2.27. The summed E-state index contributed by atoms with van der Waals surface area (Å²) in [6.45, 7) is 14.4. The van der Waals surface area contributed by atoms with E-state index in [-0.39, 0.29) is 23.4 Å². The van der Waals surface area contributed by atoms with E-state index < -0.39 is 15.4 Å². The summed E-state index contributed by atoms with van der Waals surface area (Å²) >= 11 is 0. The third-order valence-electron chi connectivity index (χ3n) is 8.76. The topological polar surface area (TPSA) is 87.7 Å². The average Bonchev–Trinajstić information content (AvgIpc) is 3.05. The van der Waals surface area contributed by atoms with Gasteiger partial charge in [-0.25, -0.2) is 13.1 Å². The van der Waals surface area contributed by atoms with Crippen LogP contribution < -0.4 is 14.9 Å². The van der Waals surface area contributed by atoms with Gasteiger partial charge in [0.15, 0.2) is 0 Å². The molecule has 0 fully saturated rings. The summed E-state index contributed by atoms with van der Waals surface area (Å²) in [5.74, 6) is -0.393. The third kappa shape index (κ3) is 7.51. The molecule has 4 aromatic rings. The summed E-state index contributed by atoms with van der Waals surface area (Å²) in [7, 11) is -2.37. The summed E-state index contributed by atoms with van der Waals surface area (Å²) < 4.78 is 34.7. The molecule has 2 N–H and O–H groups in total. The van der Waals surface area contributed by atoms with Crippen molar-refractivity contribution in [3.63, 3.8) is 0 Å². The Hall–Kier alpha value is -3.88. The summed E-state index contributed by atoms with van der Waals surface area (Å²) in [4.78, 5) is 15.0. The number of carbonyl (C=O) groups is 1. The second kappa shape index (κ2) is 14.5. The van der Waals surface area contributed by atoms with Crippen LogP contribution in [-0.2, 0) is 19.6 Å². The number of ether oxygens (including phenoxy) is 1. The fraction of sp³-hybridized carbons (Fsp3) is 0.378. The largest absolute Gasteiger partial charge is 0.463 e. The Kier molecular flexibility index (Phi) is 10.9. The van der Waals surface area contributed by atoms with Crippen LogP contribution in [0.3, 0.4) is 0 Å². The Labute approximate surface area is 269 Å². The smallest absolute Gasteiger partial charge is 0.311 e. The van der Waals surface area contributed by atoms with Gasteiger partial charge >= 0.3 is 5.97 Å². The molecule has 0 bridgehead atoms. The molecule has 0 saturated heterocycles. The number of anilines is 2. The first-order valence-electron chi connectivity index (χ1n) is 15.8. The second-order valence-corrected chi connectivity index (χ2v) is 13.9. The number of fused-ring (bicyclic) bond motifs is 1. The van der Waals surface area contributed by atoms with Crippen LogP contribution in [0.1, 0.15) is 69.2 Å². The van der Waals surface area contributed by atoms with Crippen LogP contribution >= 0.6 is 0 Å². The molecular weight excluding hydrogens is 582 g/mol. The number of carbonyl (C=O) groups excluding carboxylic acids is 1. The number of rotatable bonds is 14. The van der Waals surface area contributed by atoms with Crippen molar-refractivity contribution >= 4 is 38.1 Å². The number of hydrogen-bond donors (Lipinski definition) is 2. The Bertz CT molecular complexity index is 1710. The zero-order valence-electron chi connectivity index (χ0n) is 27.6. The predicted molar refractivity (Wildman–Crippen MR) is 186 cm³/mol. The number of aryl methyl sites for hydroxylation is 1. The lowest BCUT2D eigenvalue weighted by molar-refractivity contribution is -0.153. The van der Waals surface area contributed by atoms with E-state index in [1.165, 1.54) is 18.3 Å². The maximum Gasteiger partial charge on any atom is 0.311 e. The lowest BCUT2D eigenvalue weighted by Crippen LogP contribution is -2.27. The van der Waals surface area contributed by atoms with Gasteiger partial charge in [-0.1, -0.05) is 67.1 Å².